The van der Waals surface area contributed by atoms with Crippen molar-refractivity contribution in [2.45, 2.75) is 25.6 Å². The number of nitrogens with zero attached hydrogens (tertiary/aromatic N) is 1. The van der Waals surface area contributed by atoms with Crippen LogP contribution in [0.5, 0.6) is 0 Å². The Balaban J connectivity index is 1.50. The number of amides is 2. The summed E-state index contributed by atoms with van der Waals surface area (Å²) in [5.74, 6) is 0. The second kappa shape index (κ2) is 4.74. The SMILES string of the molecule is CCOC1CN(C(=O)NC[C@@]23CNC[C@]2(C(F)(F)F)C3)C1. The lowest BCUT2D eigenvalue weighted by Crippen LogP contribution is -2.58. The van der Waals surface area contributed by atoms with Gasteiger partial charge in [0.05, 0.1) is 24.6 Å². The molecule has 5 nitrogen and oxygen atoms in total. The highest BCUT2D eigenvalue weighted by atomic mass is 19.4. The Hall–Kier alpha value is -1.02. The summed E-state index contributed by atoms with van der Waals surface area (Å²) in [6.07, 6.45) is -4.04. The topological polar surface area (TPSA) is 53.6 Å². The van der Waals surface area contributed by atoms with E-state index in [-0.39, 0.29) is 31.6 Å². The Kier molecular flexibility index (Phi) is 3.36. The van der Waals surface area contributed by atoms with E-state index in [9.17, 15) is 18.0 Å². The van der Waals surface area contributed by atoms with E-state index in [4.69, 9.17) is 4.74 Å². The molecule has 8 heteroatoms. The predicted molar refractivity (Wildman–Crippen MR) is 68.8 cm³/mol. The van der Waals surface area contributed by atoms with E-state index < -0.39 is 17.0 Å². The summed E-state index contributed by atoms with van der Waals surface area (Å²) in [5, 5.41) is 5.47. The van der Waals surface area contributed by atoms with E-state index >= 15 is 0 Å². The molecule has 0 aromatic carbocycles. The van der Waals surface area contributed by atoms with Crippen molar-refractivity contribution in [2.75, 3.05) is 39.3 Å². The monoisotopic (exact) mass is 307 g/mol. The van der Waals surface area contributed by atoms with Crippen molar-refractivity contribution in [3.05, 3.63) is 0 Å². The maximum Gasteiger partial charge on any atom is 0.396 e. The zero-order valence-corrected chi connectivity index (χ0v) is 11.9. The fourth-order valence-corrected chi connectivity index (χ4v) is 3.63. The molecular formula is C13H20F3N3O2. The Morgan fingerprint density at radius 3 is 2.71 bits per heavy atom. The van der Waals surface area contributed by atoms with Gasteiger partial charge in [0.25, 0.3) is 0 Å². The van der Waals surface area contributed by atoms with E-state index in [1.54, 1.807) is 4.90 Å². The summed E-state index contributed by atoms with van der Waals surface area (Å²) >= 11 is 0. The molecule has 2 saturated heterocycles. The lowest BCUT2D eigenvalue weighted by molar-refractivity contribution is -0.190. The van der Waals surface area contributed by atoms with Crippen LogP contribution < -0.4 is 10.6 Å². The standard InChI is InChI=1S/C13H20F3N3O2/c1-2-21-9-3-19(4-9)10(20)18-7-11-5-12(11,8-17-6-11)13(14,15)16/h9,17H,2-8H2,1H3,(H,18,20)/t11-,12-/m1/s1. The van der Waals surface area contributed by atoms with Crippen LogP contribution in [0.4, 0.5) is 18.0 Å². The molecular weight excluding hydrogens is 287 g/mol. The first kappa shape index (κ1) is 14.9. The van der Waals surface area contributed by atoms with Crippen LogP contribution in [0.1, 0.15) is 13.3 Å². The maximum atomic E-state index is 13.1. The number of hydrogen-bond acceptors (Lipinski definition) is 3. The first-order valence-electron chi connectivity index (χ1n) is 7.25. The third-order valence-corrected chi connectivity index (χ3v) is 5.08. The van der Waals surface area contributed by atoms with Crippen LogP contribution in [0, 0.1) is 10.8 Å². The first-order chi connectivity index (χ1) is 9.84. The second-order valence-corrected chi connectivity index (χ2v) is 6.28. The van der Waals surface area contributed by atoms with Crippen LogP contribution in [0.3, 0.4) is 0 Å². The minimum Gasteiger partial charge on any atom is -0.375 e. The van der Waals surface area contributed by atoms with Crippen LogP contribution in [-0.2, 0) is 4.74 Å². The van der Waals surface area contributed by atoms with Crippen LogP contribution in [0.15, 0.2) is 0 Å². The third kappa shape index (κ3) is 2.19. The molecule has 2 N–H and O–H groups in total. The van der Waals surface area contributed by atoms with Gasteiger partial charge < -0.3 is 20.3 Å². The lowest BCUT2D eigenvalue weighted by atomic mass is 9.95. The van der Waals surface area contributed by atoms with Gasteiger partial charge >= 0.3 is 12.2 Å². The molecule has 0 unspecified atom stereocenters. The molecule has 1 saturated carbocycles. The lowest BCUT2D eigenvalue weighted by Gasteiger charge is -2.38. The van der Waals surface area contributed by atoms with Gasteiger partial charge in [-0.25, -0.2) is 4.79 Å². The van der Waals surface area contributed by atoms with Crippen molar-refractivity contribution in [1.29, 1.82) is 0 Å². The summed E-state index contributed by atoms with van der Waals surface area (Å²) in [4.78, 5) is 13.5. The molecule has 0 bridgehead atoms. The maximum absolute atomic E-state index is 13.1. The van der Waals surface area contributed by atoms with Crippen molar-refractivity contribution in [3.63, 3.8) is 0 Å². The summed E-state index contributed by atoms with van der Waals surface area (Å²) in [7, 11) is 0. The third-order valence-electron chi connectivity index (χ3n) is 5.08. The van der Waals surface area contributed by atoms with Crippen LogP contribution in [0.25, 0.3) is 0 Å². The summed E-state index contributed by atoms with van der Waals surface area (Å²) < 4.78 is 44.8. The fourth-order valence-electron chi connectivity index (χ4n) is 3.63. The van der Waals surface area contributed by atoms with Crippen LogP contribution in [0.2, 0.25) is 0 Å². The van der Waals surface area contributed by atoms with Gasteiger partial charge in [-0.3, -0.25) is 0 Å². The van der Waals surface area contributed by atoms with E-state index in [1.165, 1.54) is 0 Å². The van der Waals surface area contributed by atoms with Crippen molar-refractivity contribution in [1.82, 2.24) is 15.5 Å². The number of urea groups is 1. The molecule has 120 valence electrons. The number of carbonyl (C=O) groups is 1. The Morgan fingerprint density at radius 1 is 1.43 bits per heavy atom. The van der Waals surface area contributed by atoms with Crippen molar-refractivity contribution in [2.24, 2.45) is 10.8 Å². The van der Waals surface area contributed by atoms with Gasteiger partial charge in [-0.2, -0.15) is 13.2 Å². The zero-order chi connectivity index (χ0) is 15.3. The van der Waals surface area contributed by atoms with E-state index in [0.717, 1.165) is 0 Å². The molecule has 2 aliphatic heterocycles. The quantitative estimate of drug-likeness (QED) is 0.813. The van der Waals surface area contributed by atoms with Gasteiger partial charge in [0.15, 0.2) is 0 Å². The molecule has 0 spiro atoms. The number of ether oxygens (including phenoxy) is 1. The number of rotatable bonds is 4. The molecule has 3 fully saturated rings. The fraction of sp³-hybridized carbons (Fsp3) is 0.923. The zero-order valence-electron chi connectivity index (χ0n) is 11.9. The van der Waals surface area contributed by atoms with Crippen molar-refractivity contribution < 1.29 is 22.7 Å². The second-order valence-electron chi connectivity index (χ2n) is 6.28. The summed E-state index contributed by atoms with van der Waals surface area (Å²) in [6.45, 7) is 3.86. The molecule has 0 aromatic heterocycles. The number of piperidine rings is 1. The summed E-state index contributed by atoms with van der Waals surface area (Å²) in [5.41, 5.74) is -2.50. The molecule has 2 atom stereocenters. The predicted octanol–water partition coefficient (Wildman–Crippen LogP) is 0.959. The minimum absolute atomic E-state index is 0.0392. The molecule has 21 heavy (non-hydrogen) atoms. The normalized spacial score (nSPS) is 35.3. The number of hydrogen-bond donors (Lipinski definition) is 2. The highest BCUT2D eigenvalue weighted by Gasteiger charge is 2.81. The number of alkyl halides is 3. The van der Waals surface area contributed by atoms with E-state index in [0.29, 0.717) is 26.2 Å². The van der Waals surface area contributed by atoms with Crippen LogP contribution in [-0.4, -0.2) is 62.5 Å². The van der Waals surface area contributed by atoms with Crippen molar-refractivity contribution >= 4 is 6.03 Å². The van der Waals surface area contributed by atoms with Gasteiger partial charge in [-0.1, -0.05) is 0 Å². The number of likely N-dealkylation sites (tertiary alicyclic amines) is 1. The van der Waals surface area contributed by atoms with Gasteiger partial charge in [0.2, 0.25) is 0 Å². The number of nitrogens with one attached hydrogen (secondary N) is 2. The molecule has 0 aromatic rings. The average Bonchev–Trinajstić information content (AvgIpc) is 2.88. The smallest absolute Gasteiger partial charge is 0.375 e. The van der Waals surface area contributed by atoms with Gasteiger partial charge in [-0.15, -0.1) is 0 Å². The average molecular weight is 307 g/mol. The Morgan fingerprint density at radius 2 is 2.14 bits per heavy atom. The van der Waals surface area contributed by atoms with Crippen molar-refractivity contribution in [3.8, 4) is 0 Å². The molecule has 3 rings (SSSR count). The molecule has 0 radical (unpaired) electrons. The number of fused-ring (bicyclic) bond motifs is 1. The largest absolute Gasteiger partial charge is 0.396 e. The van der Waals surface area contributed by atoms with Crippen LogP contribution >= 0.6 is 0 Å². The molecule has 2 amide bonds. The molecule has 3 aliphatic rings. The first-order valence-corrected chi connectivity index (χ1v) is 7.25. The highest BCUT2D eigenvalue weighted by Crippen LogP contribution is 2.72. The molecule has 1 aliphatic carbocycles. The minimum atomic E-state index is -4.21. The number of carbonyl (C=O) groups excluding carboxylic acids is 1. The van der Waals surface area contributed by atoms with Gasteiger partial charge in [-0.05, 0) is 13.3 Å². The Bertz CT molecular complexity index is 439. The molecule has 2 heterocycles. The van der Waals surface area contributed by atoms with Gasteiger partial charge in [0, 0.05) is 31.7 Å². The Labute approximate surface area is 121 Å². The number of halogens is 3. The van der Waals surface area contributed by atoms with E-state index in [2.05, 4.69) is 10.6 Å². The van der Waals surface area contributed by atoms with Gasteiger partial charge in [0.1, 0.15) is 0 Å². The summed E-state index contributed by atoms with van der Waals surface area (Å²) in [6, 6.07) is -0.296. The highest BCUT2D eigenvalue weighted by molar-refractivity contribution is 5.75. The van der Waals surface area contributed by atoms with E-state index in [1.807, 2.05) is 6.92 Å².